The van der Waals surface area contributed by atoms with Crippen molar-refractivity contribution in [3.05, 3.63) is 24.3 Å². The molecule has 0 bridgehead atoms. The molecule has 27 atom stereocenters. The van der Waals surface area contributed by atoms with Crippen molar-refractivity contribution in [3.63, 3.8) is 0 Å². The van der Waals surface area contributed by atoms with Gasteiger partial charge in [-0.25, -0.2) is 9.59 Å². The number of carbonyl (C=O) groups is 2. The smallest absolute Gasteiger partial charge is 0.330 e. The third-order valence-corrected chi connectivity index (χ3v) is 17.0. The van der Waals surface area contributed by atoms with Crippen molar-refractivity contribution in [2.24, 2.45) is 23.7 Å². The van der Waals surface area contributed by atoms with Gasteiger partial charge in [-0.3, -0.25) is 0 Å². The van der Waals surface area contributed by atoms with Crippen LogP contribution in [0.2, 0.25) is 0 Å². The van der Waals surface area contributed by atoms with E-state index in [-0.39, 0.29) is 50.4 Å². The number of hydrogen-bond donors (Lipinski definition) is 15. The number of allylic oxidation sites excluding steroid dienone is 2. The molecule has 4 saturated carbocycles. The van der Waals surface area contributed by atoms with Crippen molar-refractivity contribution < 1.29 is 129 Å². The Morgan fingerprint density at radius 3 is 1.60 bits per heavy atom. The van der Waals surface area contributed by atoms with E-state index in [9.17, 15) is 86.2 Å². The Morgan fingerprint density at radius 1 is 0.468 bits per heavy atom. The molecule has 0 aromatic carbocycles. The molecule has 0 radical (unpaired) electrons. The van der Waals surface area contributed by atoms with Gasteiger partial charge >= 0.3 is 11.9 Å². The summed E-state index contributed by atoms with van der Waals surface area (Å²) >= 11 is 0. The number of rotatable bonds is 16. The van der Waals surface area contributed by atoms with Gasteiger partial charge in [-0.2, -0.15) is 0 Å². The highest BCUT2D eigenvalue weighted by atomic mass is 16.8. The lowest BCUT2D eigenvalue weighted by atomic mass is 9.72. The highest BCUT2D eigenvalue weighted by molar-refractivity contribution is 5.82. The zero-order valence-corrected chi connectivity index (χ0v) is 42.6. The van der Waals surface area contributed by atoms with E-state index in [0.29, 0.717) is 44.9 Å². The Bertz CT molecular complexity index is 1940. The predicted octanol–water partition coefficient (Wildman–Crippen LogP) is -5.57. The number of ether oxygens (including phenoxy) is 9. The summed E-state index contributed by atoms with van der Waals surface area (Å²) in [5.74, 6) is -3.06. The molecule has 26 nitrogen and oxygen atoms in total. The maximum absolute atomic E-state index is 13.0. The summed E-state index contributed by atoms with van der Waals surface area (Å²) in [6.45, 7) is -2.06. The standard InChI is InChI=1S/C51H80O26/c52-18-34-39(61)42(64)45(67)49(74-34)72-32-16-25(54)15-31-26(32)17-33(47(71-31)23-6-10-28(56)30(58)14-23)73-51-48(44(66)41(63)36(76-51)20-70-37(59)11-4-21-1-7-24(53)8-2-21)77-50-46(68)43(65)40(62)35(75-50)19-69-38(60)12-5-22-3-9-27(55)29(57)13-22/h4-5,11-12,21-36,39-58,61-68H,1-3,6-10,13-20H2/p+1. The van der Waals surface area contributed by atoms with Gasteiger partial charge in [0.25, 0.3) is 0 Å². The lowest BCUT2D eigenvalue weighted by molar-refractivity contribution is -0.390. The van der Waals surface area contributed by atoms with Gasteiger partial charge in [0.2, 0.25) is 0 Å². The predicted molar refractivity (Wildman–Crippen MR) is 256 cm³/mol. The van der Waals surface area contributed by atoms with E-state index in [0.717, 1.165) is 6.08 Å². The van der Waals surface area contributed by atoms with Crippen molar-refractivity contribution in [1.29, 1.82) is 0 Å². The van der Waals surface area contributed by atoms with Crippen LogP contribution in [0.1, 0.15) is 83.5 Å². The van der Waals surface area contributed by atoms with E-state index >= 15 is 0 Å². The molecule has 8 aliphatic rings. The number of fused-ring (bicyclic) bond motifs is 1. The van der Waals surface area contributed by atoms with Gasteiger partial charge in [0.15, 0.2) is 31.1 Å². The van der Waals surface area contributed by atoms with Gasteiger partial charge in [0, 0.05) is 30.9 Å². The third kappa shape index (κ3) is 14.8. The van der Waals surface area contributed by atoms with Crippen molar-refractivity contribution in [2.75, 3.05) is 19.8 Å². The molecule has 77 heavy (non-hydrogen) atoms. The van der Waals surface area contributed by atoms with Crippen LogP contribution in [0, 0.1) is 23.7 Å². The average molecular weight is 1110 g/mol. The van der Waals surface area contributed by atoms with Crippen molar-refractivity contribution >= 4 is 11.9 Å². The lowest BCUT2D eigenvalue weighted by Gasteiger charge is -2.50. The molecule has 26 heteroatoms. The molecule has 0 spiro atoms. The topological polar surface area (TPSA) is 424 Å². The average Bonchev–Trinajstić information content (AvgIpc) is 3.40. The summed E-state index contributed by atoms with van der Waals surface area (Å²) in [6, 6.07) is 0. The van der Waals surface area contributed by atoms with E-state index < -0.39 is 197 Å². The molecule has 0 amide bonds. The van der Waals surface area contributed by atoms with E-state index in [1.54, 1.807) is 6.08 Å². The molecular weight excluding hydrogens is 1030 g/mol. The molecule has 0 aromatic rings. The van der Waals surface area contributed by atoms with Crippen LogP contribution in [0.15, 0.2) is 24.3 Å². The summed E-state index contributed by atoms with van der Waals surface area (Å²) in [5.41, 5.74) is 0. The van der Waals surface area contributed by atoms with Crippen LogP contribution in [0.5, 0.6) is 0 Å². The Labute approximate surface area is 444 Å². The van der Waals surface area contributed by atoms with Gasteiger partial charge < -0.3 is 119 Å². The molecule has 8 fully saturated rings. The van der Waals surface area contributed by atoms with E-state index in [2.05, 4.69) is 0 Å². The Balaban J connectivity index is 1.04. The van der Waals surface area contributed by atoms with Crippen LogP contribution in [0.3, 0.4) is 0 Å². The second kappa shape index (κ2) is 27.1. The zero-order valence-electron chi connectivity index (χ0n) is 42.6. The molecule has 4 heterocycles. The third-order valence-electron chi connectivity index (χ3n) is 17.0. The second-order valence-electron chi connectivity index (χ2n) is 22.4. The van der Waals surface area contributed by atoms with Crippen molar-refractivity contribution in [2.45, 2.75) is 237 Å². The van der Waals surface area contributed by atoms with Crippen LogP contribution in [0.25, 0.3) is 0 Å². The summed E-state index contributed by atoms with van der Waals surface area (Å²) in [5, 5.41) is 161. The quantitative estimate of drug-likeness (QED) is 0.0389. The molecular formula is C51H81O26+. The number of carbonyl (C=O) groups excluding carboxylic acids is 2. The first-order valence-corrected chi connectivity index (χ1v) is 27.2. The van der Waals surface area contributed by atoms with Gasteiger partial charge in [-0.15, -0.1) is 0 Å². The van der Waals surface area contributed by atoms with Gasteiger partial charge in [0.1, 0.15) is 92.6 Å². The van der Waals surface area contributed by atoms with Crippen LogP contribution >= 0.6 is 0 Å². The Kier molecular flexibility index (Phi) is 21.3. The molecule has 4 saturated heterocycles. The minimum Gasteiger partial charge on any atom is -0.460 e. The molecule has 4 aliphatic heterocycles. The fourth-order valence-electron chi connectivity index (χ4n) is 12.3. The fourth-order valence-corrected chi connectivity index (χ4v) is 12.3. The molecule has 27 unspecified atom stereocenters. The second-order valence-corrected chi connectivity index (χ2v) is 22.4. The molecule has 440 valence electrons. The minimum absolute atomic E-state index is 0.00922. The van der Waals surface area contributed by atoms with Crippen LogP contribution in [-0.2, 0) is 47.5 Å². The fraction of sp³-hybridized carbons (Fsp3) is 0.882. The van der Waals surface area contributed by atoms with E-state index in [4.69, 9.17) is 42.6 Å². The van der Waals surface area contributed by atoms with Crippen molar-refractivity contribution in [3.8, 4) is 0 Å². The monoisotopic (exact) mass is 1110 g/mol. The van der Waals surface area contributed by atoms with Crippen LogP contribution in [0.4, 0.5) is 0 Å². The number of hydrogen-bond acceptors (Lipinski definition) is 25. The Morgan fingerprint density at radius 2 is 0.987 bits per heavy atom. The van der Waals surface area contributed by atoms with Crippen LogP contribution < -0.4 is 0 Å². The molecule has 4 aliphatic carbocycles. The van der Waals surface area contributed by atoms with Crippen molar-refractivity contribution in [1.82, 2.24) is 0 Å². The minimum atomic E-state index is -2.05. The first-order valence-electron chi connectivity index (χ1n) is 27.2. The van der Waals surface area contributed by atoms with Gasteiger partial charge in [-0.05, 0) is 82.5 Å². The molecule has 0 aromatic heterocycles. The number of aliphatic hydroxyl groups excluding tert-OH is 15. The normalized spacial score (nSPS) is 49.1. The first kappa shape index (κ1) is 60.6. The maximum Gasteiger partial charge on any atom is 0.330 e. The summed E-state index contributed by atoms with van der Waals surface area (Å²) in [4.78, 5) is 25.9. The summed E-state index contributed by atoms with van der Waals surface area (Å²) < 4.78 is 53.1. The number of aliphatic hydroxyl groups is 17. The Hall–Kier alpha value is -2.46. The van der Waals surface area contributed by atoms with E-state index in [1.165, 1.54) is 12.2 Å². The summed E-state index contributed by atoms with van der Waals surface area (Å²) in [6.07, 6.45) is -26.0. The first-order chi connectivity index (χ1) is 36.7. The highest BCUT2D eigenvalue weighted by Crippen LogP contribution is 2.44. The maximum atomic E-state index is 13.0. The van der Waals surface area contributed by atoms with Crippen LogP contribution in [-0.4, -0.2) is 266 Å². The lowest BCUT2D eigenvalue weighted by Crippen LogP contribution is -2.66. The zero-order chi connectivity index (χ0) is 55.4. The molecule has 8 rings (SSSR count). The molecule has 16 N–H and O–H groups in total. The SMILES string of the molecule is O=C(C=CC1CCC(O)C(O)C1)OCC1OC(OC2C(OC3CC4C(OC5OC(CO)C(O)C(O)C5O)CC(O)CC4[OH+]C3C3CCC(O)C(O)C3)OC(COC(=O)C=CC3CCC(O)CC3)C(O)C2O)C(O)C(O)C1O. The van der Waals surface area contributed by atoms with E-state index in [1.807, 2.05) is 0 Å². The van der Waals surface area contributed by atoms with Gasteiger partial charge in [0.05, 0.1) is 55.3 Å². The highest BCUT2D eigenvalue weighted by Gasteiger charge is 2.58. The summed E-state index contributed by atoms with van der Waals surface area (Å²) in [7, 11) is 0. The number of esters is 2. The van der Waals surface area contributed by atoms with Gasteiger partial charge in [-0.1, -0.05) is 12.2 Å². The largest absolute Gasteiger partial charge is 0.460 e.